The van der Waals surface area contributed by atoms with Crippen molar-refractivity contribution in [3.05, 3.63) is 24.5 Å². The fraction of sp³-hybridized carbons (Fsp3) is 0.714. The average molecular weight is 263 g/mol. The van der Waals surface area contributed by atoms with Gasteiger partial charge in [-0.15, -0.1) is 11.7 Å². The van der Waals surface area contributed by atoms with Gasteiger partial charge >= 0.3 is 0 Å². The van der Waals surface area contributed by atoms with Gasteiger partial charge in [0.25, 0.3) is 0 Å². The lowest BCUT2D eigenvalue weighted by Crippen LogP contribution is -2.24. The molecule has 106 valence electrons. The van der Waals surface area contributed by atoms with Gasteiger partial charge in [-0.3, -0.25) is 4.68 Å². The summed E-state index contributed by atoms with van der Waals surface area (Å²) in [5.74, 6) is 0. The molecule has 1 saturated carbocycles. The Morgan fingerprint density at radius 1 is 1.53 bits per heavy atom. The summed E-state index contributed by atoms with van der Waals surface area (Å²) in [5, 5.41) is 11.8. The highest BCUT2D eigenvalue weighted by Gasteiger charge is 2.20. The van der Waals surface area contributed by atoms with Gasteiger partial charge in [0, 0.05) is 25.3 Å². The van der Waals surface area contributed by atoms with E-state index in [9.17, 15) is 0 Å². The summed E-state index contributed by atoms with van der Waals surface area (Å²) in [4.78, 5) is 2.33. The number of unbranched alkanes of at least 4 members (excludes halogenated alkanes) is 1. The number of hydrogen-bond acceptors (Lipinski definition) is 4. The molecule has 1 N–H and O–H groups in total. The molecule has 0 saturated heterocycles. The molecule has 0 aliphatic heterocycles. The third-order valence-electron chi connectivity index (χ3n) is 3.39. The lowest BCUT2D eigenvalue weighted by Gasteiger charge is -2.15. The van der Waals surface area contributed by atoms with Gasteiger partial charge in [0.05, 0.1) is 12.2 Å². The Balaban J connectivity index is 1.62. The summed E-state index contributed by atoms with van der Waals surface area (Å²) >= 11 is 0. The summed E-state index contributed by atoms with van der Waals surface area (Å²) in [6.07, 6.45) is 8.91. The van der Waals surface area contributed by atoms with Crippen molar-refractivity contribution in [2.45, 2.75) is 44.8 Å². The van der Waals surface area contributed by atoms with E-state index in [1.165, 1.54) is 19.3 Å². The molecule has 2 rings (SSSR count). The van der Waals surface area contributed by atoms with E-state index in [1.807, 2.05) is 17.0 Å². The molecule has 0 bridgehead atoms. The van der Waals surface area contributed by atoms with Crippen LogP contribution in [0.1, 0.15) is 31.4 Å². The van der Waals surface area contributed by atoms with E-state index < -0.39 is 0 Å². The predicted molar refractivity (Wildman–Crippen MR) is 76.8 cm³/mol. The Kier molecular flexibility index (Phi) is 5.54. The first-order valence-electron chi connectivity index (χ1n) is 7.20. The van der Waals surface area contributed by atoms with Crippen molar-refractivity contribution in [3.63, 3.8) is 0 Å². The maximum Gasteiger partial charge on any atom is 0.0964 e. The van der Waals surface area contributed by atoms with E-state index >= 15 is 0 Å². The van der Waals surface area contributed by atoms with Crippen molar-refractivity contribution >= 4 is 0 Å². The maximum atomic E-state index is 4.19. The minimum Gasteiger partial charge on any atom is -0.308 e. The molecule has 1 aromatic rings. The number of rotatable bonds is 10. The third-order valence-corrected chi connectivity index (χ3v) is 3.39. The number of aromatic nitrogens is 3. The van der Waals surface area contributed by atoms with Crippen LogP contribution in [0.3, 0.4) is 0 Å². The molecule has 0 aromatic carbocycles. The molecule has 5 nitrogen and oxygen atoms in total. The normalized spacial score (nSPS) is 15.1. The van der Waals surface area contributed by atoms with Crippen LogP contribution in [0.5, 0.6) is 0 Å². The monoisotopic (exact) mass is 263 g/mol. The smallest absolute Gasteiger partial charge is 0.0964 e. The van der Waals surface area contributed by atoms with Crippen LogP contribution >= 0.6 is 0 Å². The van der Waals surface area contributed by atoms with E-state index in [2.05, 4.69) is 34.2 Å². The van der Waals surface area contributed by atoms with Crippen LogP contribution < -0.4 is 5.32 Å². The van der Waals surface area contributed by atoms with E-state index in [0.717, 1.165) is 44.3 Å². The highest BCUT2D eigenvalue weighted by molar-refractivity contribution is 4.94. The Hall–Kier alpha value is -1.20. The number of nitrogens with one attached hydrogen (secondary N) is 1. The van der Waals surface area contributed by atoms with Gasteiger partial charge in [-0.1, -0.05) is 11.3 Å². The number of hydrogen-bond donors (Lipinski definition) is 1. The molecule has 1 aromatic heterocycles. The van der Waals surface area contributed by atoms with E-state index in [1.54, 1.807) is 0 Å². The molecule has 0 atom stereocenters. The van der Waals surface area contributed by atoms with Crippen LogP contribution in [-0.2, 0) is 13.1 Å². The molecule has 1 aliphatic rings. The van der Waals surface area contributed by atoms with Gasteiger partial charge in [0.15, 0.2) is 0 Å². The van der Waals surface area contributed by atoms with E-state index in [0.29, 0.717) is 0 Å². The SMILES string of the molecule is C=CCCCN(C)CCn1cc(CNC2CC2)nn1. The zero-order chi connectivity index (χ0) is 13.5. The Morgan fingerprint density at radius 3 is 3.11 bits per heavy atom. The van der Waals surface area contributed by atoms with Crippen LogP contribution in [-0.4, -0.2) is 46.1 Å². The fourth-order valence-corrected chi connectivity index (χ4v) is 1.96. The fourth-order valence-electron chi connectivity index (χ4n) is 1.96. The van der Waals surface area contributed by atoms with Crippen molar-refractivity contribution in [1.29, 1.82) is 0 Å². The highest BCUT2D eigenvalue weighted by Crippen LogP contribution is 2.18. The highest BCUT2D eigenvalue weighted by atomic mass is 15.4. The van der Waals surface area contributed by atoms with Crippen LogP contribution in [0, 0.1) is 0 Å². The topological polar surface area (TPSA) is 46.0 Å². The van der Waals surface area contributed by atoms with Crippen LogP contribution in [0.2, 0.25) is 0 Å². The average Bonchev–Trinajstić information content (AvgIpc) is 3.13. The van der Waals surface area contributed by atoms with Crippen molar-refractivity contribution in [2.75, 3.05) is 20.1 Å². The lowest BCUT2D eigenvalue weighted by atomic mass is 10.3. The van der Waals surface area contributed by atoms with Gasteiger partial charge in [-0.05, 0) is 39.3 Å². The third kappa shape index (κ3) is 5.53. The largest absolute Gasteiger partial charge is 0.308 e. The molecule has 0 amide bonds. The van der Waals surface area contributed by atoms with Crippen molar-refractivity contribution < 1.29 is 0 Å². The first-order chi connectivity index (χ1) is 9.28. The predicted octanol–water partition coefficient (Wildman–Crippen LogP) is 1.43. The van der Waals surface area contributed by atoms with E-state index in [-0.39, 0.29) is 0 Å². The second-order valence-corrected chi connectivity index (χ2v) is 5.36. The molecule has 0 radical (unpaired) electrons. The van der Waals surface area contributed by atoms with Gasteiger partial charge in [-0.25, -0.2) is 0 Å². The van der Waals surface area contributed by atoms with Crippen molar-refractivity contribution in [3.8, 4) is 0 Å². The summed E-state index contributed by atoms with van der Waals surface area (Å²) in [6.45, 7) is 7.61. The second kappa shape index (κ2) is 7.40. The van der Waals surface area contributed by atoms with E-state index in [4.69, 9.17) is 0 Å². The molecule has 5 heteroatoms. The Labute approximate surface area is 115 Å². The molecule has 1 fully saturated rings. The molecular formula is C14H25N5. The maximum absolute atomic E-state index is 4.19. The van der Waals surface area contributed by atoms with Gasteiger partial charge in [-0.2, -0.15) is 0 Å². The minimum absolute atomic E-state index is 0.723. The minimum atomic E-state index is 0.723. The number of nitrogens with zero attached hydrogens (tertiary/aromatic N) is 4. The summed E-state index contributed by atoms with van der Waals surface area (Å²) in [7, 11) is 2.15. The summed E-state index contributed by atoms with van der Waals surface area (Å²) < 4.78 is 1.94. The van der Waals surface area contributed by atoms with Crippen molar-refractivity contribution in [1.82, 2.24) is 25.2 Å². The standard InChI is InChI=1S/C14H25N5/c1-3-4-5-8-18(2)9-10-19-12-14(16-17-19)11-15-13-6-7-13/h3,12-13,15H,1,4-11H2,2H3. The summed E-state index contributed by atoms with van der Waals surface area (Å²) in [6, 6.07) is 0.723. The zero-order valence-corrected chi connectivity index (χ0v) is 11.9. The van der Waals surface area contributed by atoms with Gasteiger partial charge in [0.2, 0.25) is 0 Å². The van der Waals surface area contributed by atoms with Gasteiger partial charge in [0.1, 0.15) is 0 Å². The first kappa shape index (κ1) is 14.2. The molecule has 1 heterocycles. The molecule has 19 heavy (non-hydrogen) atoms. The quantitative estimate of drug-likeness (QED) is 0.512. The molecule has 1 aliphatic carbocycles. The molecule has 0 unspecified atom stereocenters. The van der Waals surface area contributed by atoms with Crippen LogP contribution in [0.25, 0.3) is 0 Å². The lowest BCUT2D eigenvalue weighted by molar-refractivity contribution is 0.308. The second-order valence-electron chi connectivity index (χ2n) is 5.36. The number of likely N-dealkylation sites (N-methyl/N-ethyl adjacent to an activating group) is 1. The van der Waals surface area contributed by atoms with Crippen LogP contribution in [0.15, 0.2) is 18.9 Å². The molecule has 0 spiro atoms. The van der Waals surface area contributed by atoms with Crippen molar-refractivity contribution in [2.24, 2.45) is 0 Å². The summed E-state index contributed by atoms with van der Waals surface area (Å²) in [5.41, 5.74) is 1.04. The van der Waals surface area contributed by atoms with Crippen LogP contribution in [0.4, 0.5) is 0 Å². The van der Waals surface area contributed by atoms with Gasteiger partial charge < -0.3 is 10.2 Å². The molecular weight excluding hydrogens is 238 g/mol. The zero-order valence-electron chi connectivity index (χ0n) is 11.9. The Bertz CT molecular complexity index is 383. The first-order valence-corrected chi connectivity index (χ1v) is 7.20. The number of allylic oxidation sites excluding steroid dienone is 1. The Morgan fingerprint density at radius 2 is 2.37 bits per heavy atom.